The second-order valence-electron chi connectivity index (χ2n) is 5.74. The molecule has 0 bridgehead atoms. The highest BCUT2D eigenvalue weighted by atomic mass is 32.1. The van der Waals surface area contributed by atoms with Crippen LogP contribution in [0.5, 0.6) is 0 Å². The summed E-state index contributed by atoms with van der Waals surface area (Å²) in [5, 5.41) is 21.3. The minimum absolute atomic E-state index is 0.288. The Morgan fingerprint density at radius 2 is 2.20 bits per heavy atom. The van der Waals surface area contributed by atoms with Crippen molar-refractivity contribution in [2.45, 2.75) is 57.1 Å². The third-order valence-electron chi connectivity index (χ3n) is 4.22. The van der Waals surface area contributed by atoms with E-state index in [0.717, 1.165) is 37.2 Å². The molecule has 0 aliphatic carbocycles. The summed E-state index contributed by atoms with van der Waals surface area (Å²) < 4.78 is 0. The Labute approximate surface area is 126 Å². The van der Waals surface area contributed by atoms with Crippen molar-refractivity contribution in [1.82, 2.24) is 4.90 Å². The molecule has 2 atom stereocenters. The van der Waals surface area contributed by atoms with Gasteiger partial charge in [0.25, 0.3) is 0 Å². The number of nitrogens with zero attached hydrogens (tertiary/aromatic N) is 1. The van der Waals surface area contributed by atoms with E-state index in [-0.39, 0.29) is 12.7 Å². The maximum absolute atomic E-state index is 10.4. The van der Waals surface area contributed by atoms with E-state index in [0.29, 0.717) is 6.04 Å². The summed E-state index contributed by atoms with van der Waals surface area (Å²) in [5.41, 5.74) is 0. The summed E-state index contributed by atoms with van der Waals surface area (Å²) in [5.74, 6) is 0. The second-order valence-corrected chi connectivity index (χ2v) is 6.72. The molecule has 0 amide bonds. The van der Waals surface area contributed by atoms with Gasteiger partial charge in [-0.25, -0.2) is 0 Å². The topological polar surface area (TPSA) is 43.7 Å². The summed E-state index contributed by atoms with van der Waals surface area (Å²) >= 11 is 1.65. The van der Waals surface area contributed by atoms with Crippen LogP contribution in [0.1, 0.15) is 55.9 Å². The van der Waals surface area contributed by atoms with Crippen LogP contribution in [-0.4, -0.2) is 40.9 Å². The van der Waals surface area contributed by atoms with Gasteiger partial charge in [-0.1, -0.05) is 18.9 Å². The van der Waals surface area contributed by atoms with Gasteiger partial charge in [-0.2, -0.15) is 0 Å². The first kappa shape index (κ1) is 16.0. The Morgan fingerprint density at radius 3 is 2.95 bits per heavy atom. The number of aliphatic hydroxyl groups is 2. The number of aliphatic hydroxyl groups excluding tert-OH is 2. The minimum Gasteiger partial charge on any atom is -0.396 e. The highest BCUT2D eigenvalue weighted by Crippen LogP contribution is 2.28. The number of rotatable bonds is 7. The summed E-state index contributed by atoms with van der Waals surface area (Å²) in [4.78, 5) is 3.63. The van der Waals surface area contributed by atoms with Gasteiger partial charge in [0.05, 0.1) is 6.10 Å². The van der Waals surface area contributed by atoms with Gasteiger partial charge in [-0.05, 0) is 56.6 Å². The normalized spacial score (nSPS) is 22.6. The van der Waals surface area contributed by atoms with Gasteiger partial charge in [-0.15, -0.1) is 11.3 Å². The first-order valence-corrected chi connectivity index (χ1v) is 8.75. The summed E-state index contributed by atoms with van der Waals surface area (Å²) in [7, 11) is 0. The standard InChI is InChI=1S/C16H27NO2S/c18-11-5-4-10-17-9-3-1-2-7-14(17)13-15(19)16-8-6-12-20-16/h6,8,12,14-15,18-19H,1-5,7,9-11,13H2. The molecule has 0 spiro atoms. The monoisotopic (exact) mass is 297 g/mol. The van der Waals surface area contributed by atoms with Crippen molar-refractivity contribution in [3.63, 3.8) is 0 Å². The van der Waals surface area contributed by atoms with Crippen molar-refractivity contribution in [1.29, 1.82) is 0 Å². The Balaban J connectivity index is 1.89. The van der Waals surface area contributed by atoms with Crippen molar-refractivity contribution < 1.29 is 10.2 Å². The van der Waals surface area contributed by atoms with E-state index < -0.39 is 0 Å². The molecule has 0 aromatic carbocycles. The molecule has 3 nitrogen and oxygen atoms in total. The molecule has 1 aromatic rings. The van der Waals surface area contributed by atoms with Gasteiger partial charge < -0.3 is 15.1 Å². The molecular weight excluding hydrogens is 270 g/mol. The third-order valence-corrected chi connectivity index (χ3v) is 5.19. The van der Waals surface area contributed by atoms with Crippen LogP contribution in [0.3, 0.4) is 0 Å². The first-order valence-electron chi connectivity index (χ1n) is 7.87. The van der Waals surface area contributed by atoms with Crippen LogP contribution in [0.15, 0.2) is 17.5 Å². The van der Waals surface area contributed by atoms with Crippen LogP contribution in [-0.2, 0) is 0 Å². The van der Waals surface area contributed by atoms with Gasteiger partial charge in [0.1, 0.15) is 0 Å². The second kappa shape index (κ2) is 8.78. The van der Waals surface area contributed by atoms with Gasteiger partial charge in [-0.3, -0.25) is 0 Å². The molecule has 2 heterocycles. The fourth-order valence-corrected chi connectivity index (χ4v) is 3.80. The molecular formula is C16H27NO2S. The predicted octanol–water partition coefficient (Wildman–Crippen LogP) is 3.19. The number of unbranched alkanes of at least 4 members (excludes halogenated alkanes) is 1. The van der Waals surface area contributed by atoms with Crippen molar-refractivity contribution in [3.8, 4) is 0 Å². The average Bonchev–Trinajstić information content (AvgIpc) is 2.90. The lowest BCUT2D eigenvalue weighted by atomic mass is 10.0. The van der Waals surface area contributed by atoms with Gasteiger partial charge in [0, 0.05) is 17.5 Å². The van der Waals surface area contributed by atoms with E-state index in [2.05, 4.69) is 4.90 Å². The molecule has 0 saturated carbocycles. The Morgan fingerprint density at radius 1 is 1.30 bits per heavy atom. The Bertz CT molecular complexity index is 355. The molecule has 1 aliphatic heterocycles. The van der Waals surface area contributed by atoms with E-state index in [1.807, 2.05) is 17.5 Å². The maximum Gasteiger partial charge on any atom is 0.0896 e. The average molecular weight is 297 g/mol. The number of thiophene rings is 1. The van der Waals surface area contributed by atoms with Crippen LogP contribution in [0.25, 0.3) is 0 Å². The maximum atomic E-state index is 10.4. The fraction of sp³-hybridized carbons (Fsp3) is 0.750. The molecule has 1 saturated heterocycles. The van der Waals surface area contributed by atoms with Crippen LogP contribution in [0, 0.1) is 0 Å². The van der Waals surface area contributed by atoms with E-state index in [1.165, 1.54) is 25.7 Å². The van der Waals surface area contributed by atoms with Crippen molar-refractivity contribution in [2.75, 3.05) is 19.7 Å². The van der Waals surface area contributed by atoms with E-state index in [4.69, 9.17) is 5.11 Å². The lowest BCUT2D eigenvalue weighted by molar-refractivity contribution is 0.101. The van der Waals surface area contributed by atoms with E-state index in [9.17, 15) is 5.11 Å². The zero-order chi connectivity index (χ0) is 14.2. The lowest BCUT2D eigenvalue weighted by Gasteiger charge is -2.31. The summed E-state index contributed by atoms with van der Waals surface area (Å²) in [6.07, 6.45) is 7.52. The number of hydrogen-bond acceptors (Lipinski definition) is 4. The summed E-state index contributed by atoms with van der Waals surface area (Å²) in [6.45, 7) is 2.49. The minimum atomic E-state index is -0.321. The quantitative estimate of drug-likeness (QED) is 0.760. The molecule has 1 aromatic heterocycles. The number of likely N-dealkylation sites (tertiary alicyclic amines) is 1. The Kier molecular flexibility index (Phi) is 7.00. The molecule has 20 heavy (non-hydrogen) atoms. The molecule has 2 rings (SSSR count). The fourth-order valence-electron chi connectivity index (χ4n) is 3.08. The molecule has 0 radical (unpaired) electrons. The number of hydrogen-bond donors (Lipinski definition) is 2. The van der Waals surface area contributed by atoms with Crippen molar-refractivity contribution in [3.05, 3.63) is 22.4 Å². The van der Waals surface area contributed by atoms with Gasteiger partial charge in [0.15, 0.2) is 0 Å². The van der Waals surface area contributed by atoms with Crippen LogP contribution >= 0.6 is 11.3 Å². The molecule has 114 valence electrons. The van der Waals surface area contributed by atoms with E-state index >= 15 is 0 Å². The largest absolute Gasteiger partial charge is 0.396 e. The molecule has 1 aliphatic rings. The smallest absolute Gasteiger partial charge is 0.0896 e. The molecule has 2 N–H and O–H groups in total. The molecule has 2 unspecified atom stereocenters. The van der Waals surface area contributed by atoms with Crippen LogP contribution < -0.4 is 0 Å². The zero-order valence-electron chi connectivity index (χ0n) is 12.2. The van der Waals surface area contributed by atoms with Crippen molar-refractivity contribution >= 4 is 11.3 Å². The predicted molar refractivity (Wildman–Crippen MR) is 84.0 cm³/mol. The zero-order valence-corrected chi connectivity index (χ0v) is 13.0. The molecule has 1 fully saturated rings. The molecule has 4 heteroatoms. The van der Waals surface area contributed by atoms with Gasteiger partial charge >= 0.3 is 0 Å². The highest BCUT2D eigenvalue weighted by Gasteiger charge is 2.24. The summed E-state index contributed by atoms with van der Waals surface area (Å²) in [6, 6.07) is 4.53. The highest BCUT2D eigenvalue weighted by molar-refractivity contribution is 7.10. The third kappa shape index (κ3) is 4.85. The van der Waals surface area contributed by atoms with E-state index in [1.54, 1.807) is 11.3 Å². The van der Waals surface area contributed by atoms with Crippen LogP contribution in [0.4, 0.5) is 0 Å². The SMILES string of the molecule is OCCCCN1CCCCCC1CC(O)c1cccs1. The van der Waals surface area contributed by atoms with Gasteiger partial charge in [0.2, 0.25) is 0 Å². The first-order chi connectivity index (χ1) is 9.81. The van der Waals surface area contributed by atoms with Crippen molar-refractivity contribution in [2.24, 2.45) is 0 Å². The Hall–Kier alpha value is -0.420. The lowest BCUT2D eigenvalue weighted by Crippen LogP contribution is -2.36. The van der Waals surface area contributed by atoms with Crippen LogP contribution in [0.2, 0.25) is 0 Å².